The van der Waals surface area contributed by atoms with Crippen LogP contribution in [0, 0.1) is 0 Å². The number of nitrogens with one attached hydrogen (secondary N) is 2. The van der Waals surface area contributed by atoms with E-state index in [1.54, 1.807) is 24.3 Å². The Hall–Kier alpha value is -3.20. The van der Waals surface area contributed by atoms with Gasteiger partial charge in [0, 0.05) is 23.7 Å². The fraction of sp³-hybridized carbons (Fsp3) is 0.310. The molecule has 0 radical (unpaired) electrons. The molecule has 2 atom stereocenters. The number of rotatable bonds is 9. The van der Waals surface area contributed by atoms with Crippen molar-refractivity contribution in [2.45, 2.75) is 56.1 Å². The summed E-state index contributed by atoms with van der Waals surface area (Å²) >= 11 is 5.98. The van der Waals surface area contributed by atoms with Crippen molar-refractivity contribution in [2.75, 3.05) is 6.54 Å². The Kier molecular flexibility index (Phi) is 9.20. The molecule has 1 aliphatic heterocycles. The Bertz CT molecular complexity index is 1350. The van der Waals surface area contributed by atoms with Crippen LogP contribution in [0.4, 0.5) is 0 Å². The number of halogens is 1. The Labute approximate surface area is 229 Å². The van der Waals surface area contributed by atoms with Crippen LogP contribution in [0.1, 0.15) is 60.1 Å². The predicted octanol–water partition coefficient (Wildman–Crippen LogP) is 5.08. The largest absolute Gasteiger partial charge is 0.355 e. The first-order valence-corrected chi connectivity index (χ1v) is 14.6. The van der Waals surface area contributed by atoms with Crippen LogP contribution in [-0.4, -0.2) is 37.1 Å². The van der Waals surface area contributed by atoms with E-state index in [-0.39, 0.29) is 29.3 Å². The molecular formula is C29H32ClN3O4S. The molecule has 1 saturated heterocycles. The molecule has 2 amide bonds. The van der Waals surface area contributed by atoms with Gasteiger partial charge in [0.25, 0.3) is 5.91 Å². The van der Waals surface area contributed by atoms with E-state index in [0.29, 0.717) is 29.1 Å². The van der Waals surface area contributed by atoms with Crippen molar-refractivity contribution >= 4 is 33.4 Å². The first-order valence-electron chi connectivity index (χ1n) is 12.8. The molecule has 1 fully saturated rings. The molecule has 3 aromatic carbocycles. The monoisotopic (exact) mass is 553 g/mol. The lowest BCUT2D eigenvalue weighted by atomic mass is 10.0. The zero-order valence-corrected chi connectivity index (χ0v) is 22.8. The van der Waals surface area contributed by atoms with Crippen molar-refractivity contribution in [3.05, 3.63) is 101 Å². The topological polar surface area (TPSA) is 95.6 Å². The average Bonchev–Trinajstić information content (AvgIpc) is 3.15. The number of hydrogen-bond donors (Lipinski definition) is 2. The summed E-state index contributed by atoms with van der Waals surface area (Å²) in [6.07, 6.45) is 2.70. The zero-order chi connectivity index (χ0) is 27.1. The fourth-order valence-electron chi connectivity index (χ4n) is 4.59. The van der Waals surface area contributed by atoms with Crippen LogP contribution in [0.15, 0.2) is 83.8 Å². The van der Waals surface area contributed by atoms with Gasteiger partial charge in [-0.15, -0.1) is 0 Å². The van der Waals surface area contributed by atoms with Crippen molar-refractivity contribution in [1.29, 1.82) is 0 Å². The molecule has 0 unspecified atom stereocenters. The summed E-state index contributed by atoms with van der Waals surface area (Å²) in [5, 5.41) is 6.33. The lowest BCUT2D eigenvalue weighted by molar-refractivity contribution is -0.124. The van der Waals surface area contributed by atoms with E-state index in [2.05, 4.69) is 10.6 Å². The van der Waals surface area contributed by atoms with Gasteiger partial charge in [-0.1, -0.05) is 61.0 Å². The number of sulfonamides is 1. The van der Waals surface area contributed by atoms with Crippen molar-refractivity contribution in [3.63, 3.8) is 0 Å². The van der Waals surface area contributed by atoms with E-state index in [4.69, 9.17) is 11.6 Å². The minimum atomic E-state index is -4.01. The quantitative estimate of drug-likeness (QED) is 0.386. The maximum Gasteiger partial charge on any atom is 0.251 e. The van der Waals surface area contributed by atoms with Crippen LogP contribution in [0.5, 0.6) is 0 Å². The van der Waals surface area contributed by atoms with E-state index in [9.17, 15) is 18.0 Å². The summed E-state index contributed by atoms with van der Waals surface area (Å²) in [5.74, 6) is -0.511. The van der Waals surface area contributed by atoms with Crippen molar-refractivity contribution in [1.82, 2.24) is 14.9 Å². The summed E-state index contributed by atoms with van der Waals surface area (Å²) in [5.41, 5.74) is 2.18. The molecular weight excluding hydrogens is 522 g/mol. The highest BCUT2D eigenvalue weighted by atomic mass is 35.5. The minimum Gasteiger partial charge on any atom is -0.355 e. The predicted molar refractivity (Wildman–Crippen MR) is 148 cm³/mol. The molecule has 9 heteroatoms. The van der Waals surface area contributed by atoms with Gasteiger partial charge < -0.3 is 10.6 Å². The van der Waals surface area contributed by atoms with Crippen LogP contribution in [0.25, 0.3) is 0 Å². The highest BCUT2D eigenvalue weighted by Crippen LogP contribution is 2.26. The lowest BCUT2D eigenvalue weighted by Crippen LogP contribution is -2.48. The van der Waals surface area contributed by atoms with E-state index in [0.717, 1.165) is 24.8 Å². The molecule has 7 nitrogen and oxygen atoms in total. The number of hydrogen-bond acceptors (Lipinski definition) is 4. The van der Waals surface area contributed by atoms with E-state index < -0.39 is 16.1 Å². The Morgan fingerprint density at radius 2 is 1.71 bits per heavy atom. The Balaban J connectivity index is 1.56. The van der Waals surface area contributed by atoms with Crippen LogP contribution in [-0.2, 0) is 21.4 Å². The second-order valence-electron chi connectivity index (χ2n) is 9.35. The molecule has 4 rings (SSSR count). The molecule has 0 bridgehead atoms. The lowest BCUT2D eigenvalue weighted by Gasteiger charge is -2.29. The molecule has 0 spiro atoms. The smallest absolute Gasteiger partial charge is 0.251 e. The molecule has 200 valence electrons. The van der Waals surface area contributed by atoms with Gasteiger partial charge in [0.05, 0.1) is 10.9 Å². The number of amides is 2. The van der Waals surface area contributed by atoms with Gasteiger partial charge in [-0.05, 0) is 73.2 Å². The first-order chi connectivity index (χ1) is 18.3. The molecule has 3 aromatic rings. The zero-order valence-electron chi connectivity index (χ0n) is 21.3. The molecule has 0 saturated carbocycles. The van der Waals surface area contributed by atoms with E-state index >= 15 is 0 Å². The maximum absolute atomic E-state index is 13.7. The fourth-order valence-corrected chi connectivity index (χ4v) is 6.32. The Morgan fingerprint density at radius 1 is 1.03 bits per heavy atom. The summed E-state index contributed by atoms with van der Waals surface area (Å²) in [4.78, 5) is 25.9. The standard InChI is InChI=1S/C29H32ClN3O4S/c1-2-26(22-8-4-3-5-9-22)32-28(34)23-13-11-21(12-14-23)20-33(27-10-6-7-19-31-29(27)35)38(36,37)25-17-15-24(30)16-18-25/h3-5,8-9,11-18,26-27H,2,6-7,10,19-20H2,1H3,(H,31,35)(H,32,34)/t26-,27-/m1/s1. The SMILES string of the molecule is CC[C@@H](NC(=O)c1ccc(CN([C@@H]2CCCCNC2=O)S(=O)(=O)c2ccc(Cl)cc2)cc1)c1ccccc1. The van der Waals surface area contributed by atoms with Crippen molar-refractivity contribution < 1.29 is 18.0 Å². The third kappa shape index (κ3) is 6.62. The molecule has 0 aromatic heterocycles. The molecule has 0 aliphatic carbocycles. The third-order valence-corrected chi connectivity index (χ3v) is 8.87. The molecule has 1 heterocycles. The summed E-state index contributed by atoms with van der Waals surface area (Å²) in [6.45, 7) is 2.53. The van der Waals surface area contributed by atoms with Crippen LogP contribution in [0.2, 0.25) is 5.02 Å². The highest BCUT2D eigenvalue weighted by molar-refractivity contribution is 7.89. The second-order valence-corrected chi connectivity index (χ2v) is 11.7. The highest BCUT2D eigenvalue weighted by Gasteiger charge is 2.36. The summed E-state index contributed by atoms with van der Waals surface area (Å²) < 4.78 is 28.7. The average molecular weight is 554 g/mol. The van der Waals surface area contributed by atoms with Gasteiger partial charge in [-0.2, -0.15) is 4.31 Å². The van der Waals surface area contributed by atoms with Gasteiger partial charge >= 0.3 is 0 Å². The van der Waals surface area contributed by atoms with E-state index in [1.807, 2.05) is 37.3 Å². The van der Waals surface area contributed by atoms with E-state index in [1.165, 1.54) is 28.6 Å². The number of carbonyl (C=O) groups excluding carboxylic acids is 2. The van der Waals surface area contributed by atoms with Crippen LogP contribution in [0.3, 0.4) is 0 Å². The number of nitrogens with zero attached hydrogens (tertiary/aromatic N) is 1. The van der Waals surface area contributed by atoms with Crippen LogP contribution < -0.4 is 10.6 Å². The molecule has 1 aliphatic rings. The van der Waals surface area contributed by atoms with Crippen molar-refractivity contribution in [3.8, 4) is 0 Å². The van der Waals surface area contributed by atoms with Crippen LogP contribution >= 0.6 is 11.6 Å². The number of carbonyl (C=O) groups is 2. The normalized spacial score (nSPS) is 16.9. The molecule has 38 heavy (non-hydrogen) atoms. The van der Waals surface area contributed by atoms with Gasteiger partial charge in [0.2, 0.25) is 15.9 Å². The summed E-state index contributed by atoms with van der Waals surface area (Å²) in [7, 11) is -4.01. The second kappa shape index (κ2) is 12.6. The van der Waals surface area contributed by atoms with Gasteiger partial charge in [0.1, 0.15) is 6.04 Å². The summed E-state index contributed by atoms with van der Waals surface area (Å²) in [6, 6.07) is 21.6. The Morgan fingerprint density at radius 3 is 2.37 bits per heavy atom. The molecule has 2 N–H and O–H groups in total. The number of benzene rings is 3. The third-order valence-electron chi connectivity index (χ3n) is 6.74. The van der Waals surface area contributed by atoms with Crippen molar-refractivity contribution in [2.24, 2.45) is 0 Å². The minimum absolute atomic E-state index is 0.00740. The first kappa shape index (κ1) is 27.8. The van der Waals surface area contributed by atoms with Gasteiger partial charge in [-0.3, -0.25) is 9.59 Å². The maximum atomic E-state index is 13.7. The van der Waals surface area contributed by atoms with Gasteiger partial charge in [0.15, 0.2) is 0 Å². The van der Waals surface area contributed by atoms with Gasteiger partial charge in [-0.25, -0.2) is 8.42 Å².